The molecule has 30 heavy (non-hydrogen) atoms. The maximum atomic E-state index is 12.2. The molecule has 0 saturated heterocycles. The van der Waals surface area contributed by atoms with Crippen LogP contribution in [0, 0.1) is 0 Å². The highest BCUT2D eigenvalue weighted by Crippen LogP contribution is 2.29. The van der Waals surface area contributed by atoms with E-state index in [0.717, 1.165) is 10.8 Å². The average molecular weight is 414 g/mol. The zero-order chi connectivity index (χ0) is 21.9. The number of ether oxygens (including phenoxy) is 2. The first-order valence-corrected chi connectivity index (χ1v) is 9.87. The summed E-state index contributed by atoms with van der Waals surface area (Å²) in [6, 6.07) is 10.7. The Bertz CT molecular complexity index is 850. The third-order valence-corrected chi connectivity index (χ3v) is 4.19. The number of esters is 2. The van der Waals surface area contributed by atoms with Gasteiger partial charge in [-0.1, -0.05) is 24.3 Å². The van der Waals surface area contributed by atoms with E-state index in [0.29, 0.717) is 11.4 Å². The number of anilines is 2. The second-order valence-corrected chi connectivity index (χ2v) is 6.41. The van der Waals surface area contributed by atoms with Gasteiger partial charge in [-0.05, 0) is 26.0 Å². The minimum Gasteiger partial charge on any atom is -0.466 e. The lowest BCUT2D eigenvalue weighted by atomic mass is 10.1. The minimum absolute atomic E-state index is 0.00616. The van der Waals surface area contributed by atoms with Gasteiger partial charge in [0, 0.05) is 35.0 Å². The first-order valence-electron chi connectivity index (χ1n) is 9.87. The summed E-state index contributed by atoms with van der Waals surface area (Å²) in [6.07, 6.45) is 0.0391. The number of carbonyl (C=O) groups excluding carboxylic acids is 4. The van der Waals surface area contributed by atoms with Crippen LogP contribution in [0.5, 0.6) is 0 Å². The first kappa shape index (κ1) is 22.9. The van der Waals surface area contributed by atoms with Crippen molar-refractivity contribution in [3.8, 4) is 0 Å². The van der Waals surface area contributed by atoms with Gasteiger partial charge in [-0.3, -0.25) is 19.2 Å². The van der Waals surface area contributed by atoms with Crippen molar-refractivity contribution in [1.82, 2.24) is 0 Å². The molecule has 8 nitrogen and oxygen atoms in total. The fraction of sp³-hybridized carbons (Fsp3) is 0.364. The summed E-state index contributed by atoms with van der Waals surface area (Å²) >= 11 is 0. The summed E-state index contributed by atoms with van der Waals surface area (Å²) in [5, 5.41) is 7.07. The predicted octanol–water partition coefficient (Wildman–Crippen LogP) is 3.40. The lowest BCUT2D eigenvalue weighted by molar-refractivity contribution is -0.144. The number of carbonyl (C=O) groups is 4. The molecule has 0 fully saturated rings. The SMILES string of the molecule is CCOC(=O)CCC(=O)Nc1cccc2c(NC(=O)CCC(=O)OCC)cccc12. The fourth-order valence-corrected chi connectivity index (χ4v) is 2.85. The van der Waals surface area contributed by atoms with E-state index in [1.54, 1.807) is 38.1 Å². The van der Waals surface area contributed by atoms with Crippen molar-refractivity contribution in [2.75, 3.05) is 23.8 Å². The van der Waals surface area contributed by atoms with E-state index in [2.05, 4.69) is 10.6 Å². The van der Waals surface area contributed by atoms with Gasteiger partial charge in [0.2, 0.25) is 11.8 Å². The molecule has 0 aliphatic carbocycles. The van der Waals surface area contributed by atoms with Gasteiger partial charge in [0.05, 0.1) is 26.1 Å². The molecule has 0 aliphatic rings. The van der Waals surface area contributed by atoms with Crippen molar-refractivity contribution >= 4 is 45.9 Å². The highest BCUT2D eigenvalue weighted by atomic mass is 16.5. The van der Waals surface area contributed by atoms with E-state index < -0.39 is 11.9 Å². The molecular formula is C22H26N2O6. The molecule has 2 rings (SSSR count). The predicted molar refractivity (Wildman–Crippen MR) is 113 cm³/mol. The van der Waals surface area contributed by atoms with Crippen LogP contribution >= 0.6 is 0 Å². The van der Waals surface area contributed by atoms with Crippen LogP contribution < -0.4 is 10.6 Å². The number of hydrogen-bond donors (Lipinski definition) is 2. The quantitative estimate of drug-likeness (QED) is 0.577. The van der Waals surface area contributed by atoms with Crippen molar-refractivity contribution < 1.29 is 28.7 Å². The minimum atomic E-state index is -0.418. The molecule has 0 atom stereocenters. The molecule has 2 N–H and O–H groups in total. The molecule has 0 aromatic heterocycles. The largest absolute Gasteiger partial charge is 0.466 e. The number of nitrogens with one attached hydrogen (secondary N) is 2. The van der Waals surface area contributed by atoms with Crippen molar-refractivity contribution in [1.29, 1.82) is 0 Å². The average Bonchev–Trinajstić information content (AvgIpc) is 2.72. The standard InChI is InChI=1S/C22H26N2O6/c1-3-29-21(27)13-11-19(25)23-17-9-5-8-16-15(17)7-6-10-18(16)24-20(26)12-14-22(28)30-4-2/h5-10H,3-4,11-14H2,1-2H3,(H,23,25)(H,24,26). The Morgan fingerprint density at radius 3 is 1.43 bits per heavy atom. The summed E-state index contributed by atoms with van der Waals surface area (Å²) in [5.74, 6) is -1.45. The highest BCUT2D eigenvalue weighted by Gasteiger charge is 2.13. The van der Waals surface area contributed by atoms with E-state index in [1.807, 2.05) is 12.1 Å². The topological polar surface area (TPSA) is 111 Å². The van der Waals surface area contributed by atoms with Gasteiger partial charge >= 0.3 is 11.9 Å². The smallest absolute Gasteiger partial charge is 0.306 e. The van der Waals surface area contributed by atoms with Crippen LogP contribution in [0.3, 0.4) is 0 Å². The first-order chi connectivity index (χ1) is 14.4. The lowest BCUT2D eigenvalue weighted by Crippen LogP contribution is -2.15. The Kier molecular flexibility index (Phi) is 8.80. The van der Waals surface area contributed by atoms with E-state index >= 15 is 0 Å². The van der Waals surface area contributed by atoms with Crippen LogP contribution in [0.4, 0.5) is 11.4 Å². The van der Waals surface area contributed by atoms with Crippen LogP contribution in [0.15, 0.2) is 36.4 Å². The summed E-state index contributed by atoms with van der Waals surface area (Å²) in [4.78, 5) is 47.2. The molecule has 2 aromatic carbocycles. The number of fused-ring (bicyclic) bond motifs is 1. The molecule has 0 unspecified atom stereocenters. The zero-order valence-corrected chi connectivity index (χ0v) is 17.2. The van der Waals surface area contributed by atoms with E-state index in [-0.39, 0.29) is 50.7 Å². The van der Waals surface area contributed by atoms with E-state index in [1.165, 1.54) is 0 Å². The molecule has 160 valence electrons. The molecule has 0 spiro atoms. The van der Waals surface area contributed by atoms with Crippen molar-refractivity contribution in [3.63, 3.8) is 0 Å². The third-order valence-electron chi connectivity index (χ3n) is 4.19. The molecule has 0 aliphatic heterocycles. The molecule has 0 heterocycles. The van der Waals surface area contributed by atoms with E-state index in [9.17, 15) is 19.2 Å². The van der Waals surface area contributed by atoms with Gasteiger partial charge in [-0.15, -0.1) is 0 Å². The Balaban J connectivity index is 2.07. The van der Waals surface area contributed by atoms with Crippen molar-refractivity contribution in [3.05, 3.63) is 36.4 Å². The summed E-state index contributed by atoms with van der Waals surface area (Å²) in [7, 11) is 0. The normalized spacial score (nSPS) is 10.3. The third kappa shape index (κ3) is 6.88. The number of hydrogen-bond acceptors (Lipinski definition) is 6. The monoisotopic (exact) mass is 414 g/mol. The van der Waals surface area contributed by atoms with Gasteiger partial charge < -0.3 is 20.1 Å². The molecule has 8 heteroatoms. The zero-order valence-electron chi connectivity index (χ0n) is 17.2. The van der Waals surface area contributed by atoms with Gasteiger partial charge in [-0.2, -0.15) is 0 Å². The van der Waals surface area contributed by atoms with E-state index in [4.69, 9.17) is 9.47 Å². The second-order valence-electron chi connectivity index (χ2n) is 6.41. The number of amides is 2. The lowest BCUT2D eigenvalue weighted by Gasteiger charge is -2.12. The summed E-state index contributed by atoms with van der Waals surface area (Å²) in [6.45, 7) is 3.97. The molecule has 0 saturated carbocycles. The molecular weight excluding hydrogens is 388 g/mol. The summed E-state index contributed by atoms with van der Waals surface area (Å²) < 4.78 is 9.65. The van der Waals surface area contributed by atoms with Crippen LogP contribution in [0.1, 0.15) is 39.5 Å². The highest BCUT2D eigenvalue weighted by molar-refractivity contribution is 6.09. The van der Waals surface area contributed by atoms with Crippen LogP contribution in [0.2, 0.25) is 0 Å². The number of benzene rings is 2. The van der Waals surface area contributed by atoms with Crippen LogP contribution in [-0.2, 0) is 28.7 Å². The van der Waals surface area contributed by atoms with Crippen molar-refractivity contribution in [2.45, 2.75) is 39.5 Å². The van der Waals surface area contributed by atoms with Gasteiger partial charge in [0.25, 0.3) is 0 Å². The second kappa shape index (κ2) is 11.5. The van der Waals surface area contributed by atoms with Crippen LogP contribution in [-0.4, -0.2) is 37.0 Å². The summed E-state index contributed by atoms with van der Waals surface area (Å²) in [5.41, 5.74) is 1.15. The van der Waals surface area contributed by atoms with Gasteiger partial charge in [0.1, 0.15) is 0 Å². The molecule has 2 aromatic rings. The number of rotatable bonds is 10. The molecule has 0 radical (unpaired) electrons. The molecule has 0 bridgehead atoms. The Hall–Kier alpha value is -3.42. The van der Waals surface area contributed by atoms with Gasteiger partial charge in [-0.25, -0.2) is 0 Å². The van der Waals surface area contributed by atoms with Gasteiger partial charge in [0.15, 0.2) is 0 Å². The van der Waals surface area contributed by atoms with Crippen LogP contribution in [0.25, 0.3) is 10.8 Å². The Morgan fingerprint density at radius 2 is 1.07 bits per heavy atom. The molecule has 2 amide bonds. The maximum absolute atomic E-state index is 12.2. The maximum Gasteiger partial charge on any atom is 0.306 e. The Labute approximate surface area is 174 Å². The fourth-order valence-electron chi connectivity index (χ4n) is 2.85. The Morgan fingerprint density at radius 1 is 0.667 bits per heavy atom. The van der Waals surface area contributed by atoms with Crippen molar-refractivity contribution in [2.24, 2.45) is 0 Å².